The number of nitrogens with one attached hydrogen (secondary N) is 2. The first kappa shape index (κ1) is 19.3. The quantitative estimate of drug-likeness (QED) is 0.842. The third-order valence-electron chi connectivity index (χ3n) is 3.35. The van der Waals surface area contributed by atoms with Crippen molar-refractivity contribution < 1.29 is 13.2 Å². The Balaban J connectivity index is 2.21. The summed E-state index contributed by atoms with van der Waals surface area (Å²) in [6.45, 7) is 7.40. The number of rotatable bonds is 4. The first-order valence-corrected chi connectivity index (χ1v) is 9.56. The van der Waals surface area contributed by atoms with E-state index in [-0.39, 0.29) is 16.3 Å². The first-order valence-electron chi connectivity index (χ1n) is 7.69. The van der Waals surface area contributed by atoms with Crippen molar-refractivity contribution in [3.8, 4) is 0 Å². The molecule has 0 saturated carbocycles. The van der Waals surface area contributed by atoms with Crippen LogP contribution in [0.25, 0.3) is 0 Å². The summed E-state index contributed by atoms with van der Waals surface area (Å²) in [5.74, 6) is -0.252. The van der Waals surface area contributed by atoms with Crippen LogP contribution in [-0.4, -0.2) is 19.9 Å². The van der Waals surface area contributed by atoms with Crippen molar-refractivity contribution in [2.75, 3.05) is 4.72 Å². The van der Waals surface area contributed by atoms with Crippen molar-refractivity contribution in [3.05, 3.63) is 58.6 Å². The normalized spacial score (nSPS) is 11.9. The van der Waals surface area contributed by atoms with Crippen molar-refractivity contribution in [2.45, 2.75) is 38.1 Å². The fraction of sp³-hybridized carbons (Fsp3) is 0.278. The third kappa shape index (κ3) is 5.21. The molecule has 0 atom stereocenters. The molecule has 0 aliphatic heterocycles. The van der Waals surface area contributed by atoms with Crippen molar-refractivity contribution in [2.24, 2.45) is 0 Å². The van der Waals surface area contributed by atoms with E-state index < -0.39 is 10.0 Å². The number of aryl methyl sites for hydroxylation is 1. The summed E-state index contributed by atoms with van der Waals surface area (Å²) >= 11 is 5.88. The van der Waals surface area contributed by atoms with E-state index >= 15 is 0 Å². The van der Waals surface area contributed by atoms with Crippen LogP contribution in [0.4, 0.5) is 5.69 Å². The van der Waals surface area contributed by atoms with Gasteiger partial charge in [0, 0.05) is 16.1 Å². The standard InChI is InChI=1S/C18H21ClN2O3S/c1-12-11-14(19)7-10-16(12)21-25(23,24)15-8-5-13(6-9-15)17(22)20-18(2,3)4/h5-11,21H,1-4H3,(H,20,22). The molecule has 0 saturated heterocycles. The minimum atomic E-state index is -3.75. The van der Waals surface area contributed by atoms with E-state index in [1.807, 2.05) is 20.8 Å². The molecule has 0 spiro atoms. The Morgan fingerprint density at radius 1 is 1.04 bits per heavy atom. The van der Waals surface area contributed by atoms with Crippen molar-refractivity contribution >= 4 is 33.2 Å². The predicted molar refractivity (Wildman–Crippen MR) is 101 cm³/mol. The number of amides is 1. The van der Waals surface area contributed by atoms with E-state index in [4.69, 9.17) is 11.6 Å². The van der Waals surface area contributed by atoms with Crippen molar-refractivity contribution in [3.63, 3.8) is 0 Å². The smallest absolute Gasteiger partial charge is 0.261 e. The van der Waals surface area contributed by atoms with Crippen LogP contribution in [0.3, 0.4) is 0 Å². The lowest BCUT2D eigenvalue weighted by atomic mass is 10.1. The van der Waals surface area contributed by atoms with E-state index in [1.54, 1.807) is 25.1 Å². The number of benzene rings is 2. The van der Waals surface area contributed by atoms with Gasteiger partial charge in [0.05, 0.1) is 10.6 Å². The zero-order valence-corrected chi connectivity index (χ0v) is 16.1. The molecule has 7 heteroatoms. The van der Waals surface area contributed by atoms with Gasteiger partial charge in [-0.25, -0.2) is 8.42 Å². The lowest BCUT2D eigenvalue weighted by Crippen LogP contribution is -2.40. The minimum absolute atomic E-state index is 0.0779. The fourth-order valence-corrected chi connectivity index (χ4v) is 3.50. The topological polar surface area (TPSA) is 75.3 Å². The summed E-state index contributed by atoms with van der Waals surface area (Å²) in [4.78, 5) is 12.2. The van der Waals surface area contributed by atoms with Crippen LogP contribution >= 0.6 is 11.6 Å². The van der Waals surface area contributed by atoms with Crippen LogP contribution in [0.1, 0.15) is 36.7 Å². The second kappa shape index (κ2) is 7.06. The lowest BCUT2D eigenvalue weighted by Gasteiger charge is -2.20. The molecular formula is C18H21ClN2O3S. The summed E-state index contributed by atoms with van der Waals surface area (Å²) < 4.78 is 27.5. The summed E-state index contributed by atoms with van der Waals surface area (Å²) in [6.07, 6.45) is 0. The molecule has 0 aromatic heterocycles. The number of sulfonamides is 1. The second-order valence-electron chi connectivity index (χ2n) is 6.79. The molecule has 2 N–H and O–H groups in total. The molecule has 0 unspecified atom stereocenters. The van der Waals surface area contributed by atoms with Gasteiger partial charge in [-0.2, -0.15) is 0 Å². The summed E-state index contributed by atoms with van der Waals surface area (Å²) in [5, 5.41) is 3.37. The Labute approximate surface area is 153 Å². The van der Waals surface area contributed by atoms with Gasteiger partial charge < -0.3 is 5.32 Å². The fourth-order valence-electron chi connectivity index (χ4n) is 2.14. The van der Waals surface area contributed by atoms with Gasteiger partial charge in [0.1, 0.15) is 0 Å². The maximum atomic E-state index is 12.5. The summed E-state index contributed by atoms with van der Waals surface area (Å²) in [6, 6.07) is 10.7. The van der Waals surface area contributed by atoms with Crippen LogP contribution in [0.5, 0.6) is 0 Å². The highest BCUT2D eigenvalue weighted by atomic mass is 35.5. The van der Waals surface area contributed by atoms with Crippen LogP contribution < -0.4 is 10.0 Å². The Morgan fingerprint density at radius 3 is 2.16 bits per heavy atom. The van der Waals surface area contributed by atoms with E-state index in [1.165, 1.54) is 24.3 Å². The first-order chi connectivity index (χ1) is 11.5. The monoisotopic (exact) mass is 380 g/mol. The largest absolute Gasteiger partial charge is 0.347 e. The van der Waals surface area contributed by atoms with Gasteiger partial charge in [-0.05, 0) is 75.7 Å². The van der Waals surface area contributed by atoms with E-state index in [0.29, 0.717) is 16.3 Å². The van der Waals surface area contributed by atoms with Gasteiger partial charge in [0.15, 0.2) is 0 Å². The lowest BCUT2D eigenvalue weighted by molar-refractivity contribution is 0.0919. The highest BCUT2D eigenvalue weighted by molar-refractivity contribution is 7.92. The van der Waals surface area contributed by atoms with Crippen molar-refractivity contribution in [1.82, 2.24) is 5.32 Å². The SMILES string of the molecule is Cc1cc(Cl)ccc1NS(=O)(=O)c1ccc(C(=O)NC(C)(C)C)cc1. The van der Waals surface area contributed by atoms with Gasteiger partial charge in [-0.3, -0.25) is 9.52 Å². The number of hydrogen-bond acceptors (Lipinski definition) is 3. The number of carbonyl (C=O) groups excluding carboxylic acids is 1. The predicted octanol–water partition coefficient (Wildman–Crippen LogP) is 3.98. The van der Waals surface area contributed by atoms with Crippen LogP contribution in [0.2, 0.25) is 5.02 Å². The zero-order chi connectivity index (χ0) is 18.8. The molecule has 0 aliphatic rings. The molecule has 2 aromatic carbocycles. The molecule has 134 valence electrons. The third-order valence-corrected chi connectivity index (χ3v) is 4.96. The molecular weight excluding hydrogens is 360 g/mol. The number of carbonyl (C=O) groups is 1. The van der Waals surface area contributed by atoms with E-state index in [0.717, 1.165) is 5.56 Å². The molecule has 0 bridgehead atoms. The maximum Gasteiger partial charge on any atom is 0.261 e. The van der Waals surface area contributed by atoms with Crippen LogP contribution in [0, 0.1) is 6.92 Å². The van der Waals surface area contributed by atoms with Gasteiger partial charge >= 0.3 is 0 Å². The summed E-state index contributed by atoms with van der Waals surface area (Å²) in [5.41, 5.74) is 1.21. The van der Waals surface area contributed by atoms with Gasteiger partial charge in [-0.1, -0.05) is 11.6 Å². The van der Waals surface area contributed by atoms with Crippen molar-refractivity contribution in [1.29, 1.82) is 0 Å². The Morgan fingerprint density at radius 2 is 1.64 bits per heavy atom. The van der Waals surface area contributed by atoms with Gasteiger partial charge in [0.25, 0.3) is 15.9 Å². The maximum absolute atomic E-state index is 12.5. The Hall–Kier alpha value is -2.05. The van der Waals surface area contributed by atoms with Crippen LogP contribution in [-0.2, 0) is 10.0 Å². The molecule has 0 heterocycles. The second-order valence-corrected chi connectivity index (χ2v) is 8.91. The number of anilines is 1. The molecule has 1 amide bonds. The minimum Gasteiger partial charge on any atom is -0.347 e. The molecule has 0 fully saturated rings. The average Bonchev–Trinajstić information content (AvgIpc) is 2.48. The molecule has 5 nitrogen and oxygen atoms in total. The van der Waals surface area contributed by atoms with Crippen LogP contribution in [0.15, 0.2) is 47.4 Å². The highest BCUT2D eigenvalue weighted by Gasteiger charge is 2.18. The van der Waals surface area contributed by atoms with E-state index in [9.17, 15) is 13.2 Å². The molecule has 2 rings (SSSR count). The summed E-state index contributed by atoms with van der Waals surface area (Å²) in [7, 11) is -3.75. The molecule has 2 aromatic rings. The zero-order valence-electron chi connectivity index (χ0n) is 14.6. The molecule has 0 radical (unpaired) electrons. The van der Waals surface area contributed by atoms with Gasteiger partial charge in [-0.15, -0.1) is 0 Å². The Bertz CT molecular complexity index is 886. The Kier molecular flexibility index (Phi) is 5.44. The van der Waals surface area contributed by atoms with E-state index in [2.05, 4.69) is 10.0 Å². The average molecular weight is 381 g/mol. The molecule has 25 heavy (non-hydrogen) atoms. The number of halogens is 1. The number of hydrogen-bond donors (Lipinski definition) is 2. The molecule has 0 aliphatic carbocycles. The highest BCUT2D eigenvalue weighted by Crippen LogP contribution is 2.23. The van der Waals surface area contributed by atoms with Gasteiger partial charge in [0.2, 0.25) is 0 Å².